The first-order valence-electron chi connectivity index (χ1n) is 8.84. The van der Waals surface area contributed by atoms with E-state index in [0.717, 1.165) is 22.2 Å². The molecule has 0 bridgehead atoms. The molecule has 0 aliphatic carbocycles. The molecule has 0 radical (unpaired) electrons. The number of ether oxygens (including phenoxy) is 1. The third-order valence-corrected chi connectivity index (χ3v) is 4.01. The molecule has 26 heavy (non-hydrogen) atoms. The number of hydrogen-bond acceptors (Lipinski definition) is 4. The predicted octanol–water partition coefficient (Wildman–Crippen LogP) is 3.62. The van der Waals surface area contributed by atoms with Crippen LogP contribution in [0.5, 0.6) is 5.75 Å². The van der Waals surface area contributed by atoms with Crippen molar-refractivity contribution in [3.8, 4) is 5.75 Å². The van der Waals surface area contributed by atoms with Crippen LogP contribution >= 0.6 is 0 Å². The third kappa shape index (κ3) is 5.21. The van der Waals surface area contributed by atoms with Crippen molar-refractivity contribution in [2.75, 3.05) is 25.0 Å². The topological polar surface area (TPSA) is 63.2 Å². The number of anilines is 1. The van der Waals surface area contributed by atoms with Crippen molar-refractivity contribution >= 4 is 22.4 Å². The summed E-state index contributed by atoms with van der Waals surface area (Å²) < 4.78 is 5.85. The van der Waals surface area contributed by atoms with Crippen LogP contribution < -0.4 is 15.4 Å². The van der Waals surface area contributed by atoms with Crippen LogP contribution in [0.25, 0.3) is 10.8 Å². The number of nitrogens with zero attached hydrogens (tertiary/aromatic N) is 1. The number of hydrogen-bond donors (Lipinski definition) is 2. The molecular formula is C21H23N3O2. The maximum Gasteiger partial charge on any atom is 0.220 e. The zero-order chi connectivity index (χ0) is 18.0. The Morgan fingerprint density at radius 3 is 2.65 bits per heavy atom. The summed E-state index contributed by atoms with van der Waals surface area (Å²) >= 11 is 0. The van der Waals surface area contributed by atoms with Crippen LogP contribution in [0.3, 0.4) is 0 Å². The summed E-state index contributed by atoms with van der Waals surface area (Å²) in [4.78, 5) is 15.8. The van der Waals surface area contributed by atoms with Crippen molar-refractivity contribution in [1.29, 1.82) is 0 Å². The monoisotopic (exact) mass is 349 g/mol. The van der Waals surface area contributed by atoms with Gasteiger partial charge in [0.1, 0.15) is 5.75 Å². The summed E-state index contributed by atoms with van der Waals surface area (Å²) in [5, 5.41) is 8.39. The van der Waals surface area contributed by atoms with Gasteiger partial charge in [0, 0.05) is 43.0 Å². The van der Waals surface area contributed by atoms with Gasteiger partial charge in [-0.2, -0.15) is 0 Å². The zero-order valence-corrected chi connectivity index (χ0v) is 14.7. The second kappa shape index (κ2) is 9.42. The van der Waals surface area contributed by atoms with E-state index in [1.165, 1.54) is 0 Å². The zero-order valence-electron chi connectivity index (χ0n) is 14.7. The molecule has 134 valence electrons. The lowest BCUT2D eigenvalue weighted by atomic mass is 10.1. The number of fused-ring (bicyclic) bond motifs is 1. The van der Waals surface area contributed by atoms with E-state index in [-0.39, 0.29) is 5.91 Å². The van der Waals surface area contributed by atoms with Gasteiger partial charge in [-0.1, -0.05) is 36.4 Å². The first-order chi connectivity index (χ1) is 12.8. The molecule has 0 unspecified atom stereocenters. The predicted molar refractivity (Wildman–Crippen MR) is 104 cm³/mol. The van der Waals surface area contributed by atoms with E-state index in [4.69, 9.17) is 4.74 Å². The van der Waals surface area contributed by atoms with E-state index >= 15 is 0 Å². The molecule has 3 rings (SSSR count). The van der Waals surface area contributed by atoms with Crippen molar-refractivity contribution in [1.82, 2.24) is 10.3 Å². The summed E-state index contributed by atoms with van der Waals surface area (Å²) in [5.74, 6) is 0.910. The fraction of sp³-hybridized carbons (Fsp3) is 0.238. The van der Waals surface area contributed by atoms with Gasteiger partial charge in [-0.3, -0.25) is 9.78 Å². The van der Waals surface area contributed by atoms with Gasteiger partial charge in [0.15, 0.2) is 0 Å². The molecule has 3 aromatic rings. The van der Waals surface area contributed by atoms with E-state index in [1.807, 2.05) is 42.5 Å². The molecule has 5 heteroatoms. The van der Waals surface area contributed by atoms with E-state index in [2.05, 4.69) is 27.8 Å². The molecule has 0 spiro atoms. The molecule has 0 fully saturated rings. The highest BCUT2D eigenvalue weighted by atomic mass is 16.5. The van der Waals surface area contributed by atoms with Crippen LogP contribution in [-0.2, 0) is 4.79 Å². The number of amides is 1. The van der Waals surface area contributed by atoms with Crippen molar-refractivity contribution in [2.45, 2.75) is 12.8 Å². The smallest absolute Gasteiger partial charge is 0.220 e. The van der Waals surface area contributed by atoms with Gasteiger partial charge >= 0.3 is 0 Å². The Hall–Kier alpha value is -3.08. The number of carbonyl (C=O) groups excluding carboxylic acids is 1. The van der Waals surface area contributed by atoms with E-state index < -0.39 is 0 Å². The Balaban J connectivity index is 1.32. The van der Waals surface area contributed by atoms with Gasteiger partial charge in [-0.15, -0.1) is 0 Å². The maximum absolute atomic E-state index is 11.9. The minimum absolute atomic E-state index is 0.0445. The number of benzene rings is 2. The highest BCUT2D eigenvalue weighted by Crippen LogP contribution is 2.25. The minimum Gasteiger partial charge on any atom is -0.493 e. The number of carbonyl (C=O) groups is 1. The second-order valence-corrected chi connectivity index (χ2v) is 5.94. The van der Waals surface area contributed by atoms with Crippen LogP contribution in [0, 0.1) is 0 Å². The summed E-state index contributed by atoms with van der Waals surface area (Å²) in [6.07, 6.45) is 4.61. The molecule has 2 N–H and O–H groups in total. The summed E-state index contributed by atoms with van der Waals surface area (Å²) in [5.41, 5.74) is 0.998. The van der Waals surface area contributed by atoms with Crippen molar-refractivity contribution in [2.24, 2.45) is 0 Å². The summed E-state index contributed by atoms with van der Waals surface area (Å²) in [6.45, 7) is 1.80. The summed E-state index contributed by atoms with van der Waals surface area (Å²) in [7, 11) is 0. The normalized spacial score (nSPS) is 10.5. The molecule has 0 saturated carbocycles. The Kier molecular flexibility index (Phi) is 6.42. The fourth-order valence-corrected chi connectivity index (χ4v) is 2.70. The lowest BCUT2D eigenvalue weighted by Crippen LogP contribution is -2.28. The van der Waals surface area contributed by atoms with E-state index in [9.17, 15) is 4.79 Å². The van der Waals surface area contributed by atoms with Gasteiger partial charge in [0.05, 0.1) is 6.61 Å². The van der Waals surface area contributed by atoms with Crippen molar-refractivity contribution < 1.29 is 9.53 Å². The Morgan fingerprint density at radius 2 is 1.77 bits per heavy atom. The van der Waals surface area contributed by atoms with Crippen LogP contribution in [-0.4, -0.2) is 30.6 Å². The second-order valence-electron chi connectivity index (χ2n) is 5.94. The quantitative estimate of drug-likeness (QED) is 0.579. The molecule has 1 amide bonds. The number of aromatic nitrogens is 1. The minimum atomic E-state index is 0.0445. The maximum atomic E-state index is 11.9. The molecular weight excluding hydrogens is 326 g/mol. The van der Waals surface area contributed by atoms with Gasteiger partial charge in [-0.25, -0.2) is 0 Å². The summed E-state index contributed by atoms with van der Waals surface area (Å²) in [6, 6.07) is 17.9. The molecule has 1 heterocycles. The Bertz CT molecular complexity index is 832. The third-order valence-electron chi connectivity index (χ3n) is 4.01. The molecule has 0 saturated heterocycles. The molecule has 0 atom stereocenters. The SMILES string of the molecule is O=C(CCCOc1cccc2ccccc12)NCCNc1ccncc1. The molecule has 5 nitrogen and oxygen atoms in total. The van der Waals surface area contributed by atoms with Gasteiger partial charge < -0.3 is 15.4 Å². The molecule has 0 aliphatic rings. The van der Waals surface area contributed by atoms with Crippen LogP contribution in [0.15, 0.2) is 67.0 Å². The number of nitrogens with one attached hydrogen (secondary N) is 2. The Morgan fingerprint density at radius 1 is 0.962 bits per heavy atom. The van der Waals surface area contributed by atoms with Gasteiger partial charge in [0.2, 0.25) is 5.91 Å². The van der Waals surface area contributed by atoms with Crippen molar-refractivity contribution in [3.05, 3.63) is 67.0 Å². The molecule has 0 aliphatic heterocycles. The Labute approximate surface area is 153 Å². The first-order valence-corrected chi connectivity index (χ1v) is 8.84. The average molecular weight is 349 g/mol. The standard InChI is InChI=1S/C21H23N3O2/c25-21(24-15-14-23-18-10-12-22-13-11-18)9-4-16-26-20-8-3-6-17-5-1-2-7-19(17)20/h1-3,5-8,10-13H,4,9,14-16H2,(H,22,23)(H,24,25). The van der Waals surface area contributed by atoms with E-state index in [1.54, 1.807) is 12.4 Å². The largest absolute Gasteiger partial charge is 0.493 e. The lowest BCUT2D eigenvalue weighted by Gasteiger charge is -2.10. The van der Waals surface area contributed by atoms with Crippen LogP contribution in [0.1, 0.15) is 12.8 Å². The van der Waals surface area contributed by atoms with Gasteiger partial charge in [0.25, 0.3) is 0 Å². The van der Waals surface area contributed by atoms with Gasteiger partial charge in [-0.05, 0) is 30.0 Å². The highest BCUT2D eigenvalue weighted by molar-refractivity contribution is 5.88. The average Bonchev–Trinajstić information content (AvgIpc) is 2.69. The fourth-order valence-electron chi connectivity index (χ4n) is 2.70. The van der Waals surface area contributed by atoms with Crippen molar-refractivity contribution in [3.63, 3.8) is 0 Å². The number of pyridine rings is 1. The molecule has 1 aromatic heterocycles. The first kappa shape index (κ1) is 17.7. The van der Waals surface area contributed by atoms with E-state index in [0.29, 0.717) is 32.5 Å². The van der Waals surface area contributed by atoms with Crippen LogP contribution in [0.4, 0.5) is 5.69 Å². The lowest BCUT2D eigenvalue weighted by molar-refractivity contribution is -0.121. The van der Waals surface area contributed by atoms with Crippen LogP contribution in [0.2, 0.25) is 0 Å². The number of rotatable bonds is 9. The highest BCUT2D eigenvalue weighted by Gasteiger charge is 2.03. The molecule has 2 aromatic carbocycles.